The summed E-state index contributed by atoms with van der Waals surface area (Å²) in [4.78, 5) is 15.9. The van der Waals surface area contributed by atoms with Gasteiger partial charge in [0.05, 0.1) is 6.61 Å². The molecule has 4 N–H and O–H groups in total. The third kappa shape index (κ3) is 4.52. The topological polar surface area (TPSA) is 106 Å². The minimum atomic E-state index is -0.685. The minimum Gasteiger partial charge on any atom is -0.383 e. The number of anilines is 1. The number of hydrogen-bond acceptors (Lipinski definition) is 5. The number of halogens is 1. The van der Waals surface area contributed by atoms with Crippen molar-refractivity contribution in [1.29, 1.82) is 0 Å². The summed E-state index contributed by atoms with van der Waals surface area (Å²) in [5.74, 6) is 1.09. The van der Waals surface area contributed by atoms with E-state index in [1.807, 2.05) is 19.1 Å². The third-order valence-corrected chi connectivity index (χ3v) is 2.69. The molecular weight excluding hydrogens is 294 g/mol. The van der Waals surface area contributed by atoms with Crippen LogP contribution in [0.5, 0.6) is 0 Å². The Labute approximate surface area is 128 Å². The standard InChI is InChI=1S/C13H17N5O2.ClH/c1-8-15-12(18-17-8)9-3-5-10(6-4-9)16-13(19)11(14)7-20-2;/h3-6,11H,7,14H2,1-2H3,(H,16,19)(H,15,17,18);1H. The number of methoxy groups -OCH3 is 1. The second-order valence-corrected chi connectivity index (χ2v) is 4.37. The monoisotopic (exact) mass is 311 g/mol. The second kappa shape index (κ2) is 7.72. The Morgan fingerprint density at radius 1 is 1.43 bits per heavy atom. The number of nitrogens with two attached hydrogens (primary N) is 1. The van der Waals surface area contributed by atoms with Gasteiger partial charge in [-0.1, -0.05) is 0 Å². The zero-order valence-corrected chi connectivity index (χ0v) is 12.6. The van der Waals surface area contributed by atoms with E-state index in [-0.39, 0.29) is 24.9 Å². The molecule has 0 saturated carbocycles. The quantitative estimate of drug-likeness (QED) is 0.767. The number of nitrogens with one attached hydrogen (secondary N) is 2. The summed E-state index contributed by atoms with van der Waals surface area (Å²) >= 11 is 0. The van der Waals surface area contributed by atoms with Gasteiger partial charge in [-0.2, -0.15) is 5.10 Å². The summed E-state index contributed by atoms with van der Waals surface area (Å²) in [5, 5.41) is 9.57. The van der Waals surface area contributed by atoms with E-state index >= 15 is 0 Å². The number of aromatic nitrogens is 3. The molecule has 2 aromatic rings. The fourth-order valence-corrected chi connectivity index (χ4v) is 1.66. The molecule has 0 bridgehead atoms. The predicted molar refractivity (Wildman–Crippen MR) is 82.3 cm³/mol. The van der Waals surface area contributed by atoms with Crippen LogP contribution >= 0.6 is 12.4 Å². The van der Waals surface area contributed by atoms with Crippen LogP contribution in [0.4, 0.5) is 5.69 Å². The van der Waals surface area contributed by atoms with Crippen molar-refractivity contribution in [2.45, 2.75) is 13.0 Å². The lowest BCUT2D eigenvalue weighted by molar-refractivity contribution is -0.118. The van der Waals surface area contributed by atoms with Crippen LogP contribution in [0.25, 0.3) is 11.4 Å². The molecule has 0 aliphatic rings. The number of aryl methyl sites for hydroxylation is 1. The van der Waals surface area contributed by atoms with E-state index in [0.29, 0.717) is 11.5 Å². The lowest BCUT2D eigenvalue weighted by Crippen LogP contribution is -2.39. The summed E-state index contributed by atoms with van der Waals surface area (Å²) < 4.78 is 4.84. The van der Waals surface area contributed by atoms with Gasteiger partial charge in [0.1, 0.15) is 11.9 Å². The van der Waals surface area contributed by atoms with Gasteiger partial charge in [-0.15, -0.1) is 12.4 Å². The zero-order chi connectivity index (χ0) is 14.5. The van der Waals surface area contributed by atoms with E-state index < -0.39 is 6.04 Å². The Kier molecular flexibility index (Phi) is 6.29. The number of nitrogens with zero attached hydrogens (tertiary/aromatic N) is 2. The molecule has 114 valence electrons. The van der Waals surface area contributed by atoms with Gasteiger partial charge in [0.25, 0.3) is 0 Å². The van der Waals surface area contributed by atoms with Gasteiger partial charge in [-0.3, -0.25) is 9.89 Å². The van der Waals surface area contributed by atoms with Gasteiger partial charge in [0, 0.05) is 18.4 Å². The van der Waals surface area contributed by atoms with E-state index in [4.69, 9.17) is 10.5 Å². The highest BCUT2D eigenvalue weighted by atomic mass is 35.5. The summed E-state index contributed by atoms with van der Waals surface area (Å²) in [5.41, 5.74) is 7.17. The highest BCUT2D eigenvalue weighted by Crippen LogP contribution is 2.17. The molecular formula is C13H18ClN5O2. The Bertz CT molecular complexity index is 585. The smallest absolute Gasteiger partial charge is 0.243 e. The first-order valence-electron chi connectivity index (χ1n) is 6.15. The maximum absolute atomic E-state index is 11.7. The van der Waals surface area contributed by atoms with E-state index in [9.17, 15) is 4.79 Å². The number of ether oxygens (including phenoxy) is 1. The maximum Gasteiger partial charge on any atom is 0.243 e. The Hall–Kier alpha value is -1.96. The molecule has 2 rings (SSSR count). The van der Waals surface area contributed by atoms with E-state index in [1.165, 1.54) is 7.11 Å². The number of amides is 1. The molecule has 0 radical (unpaired) electrons. The summed E-state index contributed by atoms with van der Waals surface area (Å²) in [6, 6.07) is 6.53. The van der Waals surface area contributed by atoms with Crippen molar-refractivity contribution in [2.24, 2.45) is 5.73 Å². The fourth-order valence-electron chi connectivity index (χ4n) is 1.66. The second-order valence-electron chi connectivity index (χ2n) is 4.37. The van der Waals surface area contributed by atoms with Gasteiger partial charge in [-0.25, -0.2) is 4.98 Å². The first kappa shape index (κ1) is 17.1. The van der Waals surface area contributed by atoms with Crippen LogP contribution in [0, 0.1) is 6.92 Å². The number of H-pyrrole nitrogens is 1. The molecule has 8 heteroatoms. The fraction of sp³-hybridized carbons (Fsp3) is 0.308. The van der Waals surface area contributed by atoms with Crippen molar-refractivity contribution < 1.29 is 9.53 Å². The maximum atomic E-state index is 11.7. The van der Waals surface area contributed by atoms with Crippen molar-refractivity contribution in [2.75, 3.05) is 19.0 Å². The third-order valence-electron chi connectivity index (χ3n) is 2.69. The van der Waals surface area contributed by atoms with E-state index in [2.05, 4.69) is 20.5 Å². The lowest BCUT2D eigenvalue weighted by atomic mass is 10.2. The van der Waals surface area contributed by atoms with Gasteiger partial charge >= 0.3 is 0 Å². The molecule has 1 unspecified atom stereocenters. The summed E-state index contributed by atoms with van der Waals surface area (Å²) in [6.07, 6.45) is 0. The molecule has 1 aromatic heterocycles. The van der Waals surface area contributed by atoms with Crippen molar-refractivity contribution >= 4 is 24.0 Å². The lowest BCUT2D eigenvalue weighted by Gasteiger charge is -2.11. The number of carbonyl (C=O) groups excluding carboxylic acids is 1. The van der Waals surface area contributed by atoms with Crippen molar-refractivity contribution in [3.05, 3.63) is 30.1 Å². The molecule has 0 spiro atoms. The highest BCUT2D eigenvalue weighted by molar-refractivity contribution is 5.94. The van der Waals surface area contributed by atoms with Crippen molar-refractivity contribution in [1.82, 2.24) is 15.2 Å². The molecule has 1 amide bonds. The van der Waals surface area contributed by atoms with Crippen LogP contribution in [0.1, 0.15) is 5.82 Å². The molecule has 1 aromatic carbocycles. The van der Waals surface area contributed by atoms with E-state index in [1.54, 1.807) is 12.1 Å². The number of benzene rings is 1. The van der Waals surface area contributed by atoms with Crippen LogP contribution in [-0.4, -0.2) is 40.8 Å². The van der Waals surface area contributed by atoms with Crippen LogP contribution in [0.2, 0.25) is 0 Å². The van der Waals surface area contributed by atoms with Crippen molar-refractivity contribution in [3.8, 4) is 11.4 Å². The highest BCUT2D eigenvalue weighted by Gasteiger charge is 2.13. The number of hydrogen-bond donors (Lipinski definition) is 3. The Balaban J connectivity index is 0.00000220. The predicted octanol–water partition coefficient (Wildman–Crippen LogP) is 1.11. The molecule has 0 fully saturated rings. The zero-order valence-electron chi connectivity index (χ0n) is 11.8. The number of rotatable bonds is 5. The molecule has 21 heavy (non-hydrogen) atoms. The van der Waals surface area contributed by atoms with Gasteiger partial charge in [-0.05, 0) is 31.2 Å². The summed E-state index contributed by atoms with van der Waals surface area (Å²) in [6.45, 7) is 2.02. The minimum absolute atomic E-state index is 0. The average Bonchev–Trinajstić information content (AvgIpc) is 2.86. The molecule has 7 nitrogen and oxygen atoms in total. The molecule has 1 atom stereocenters. The average molecular weight is 312 g/mol. The largest absolute Gasteiger partial charge is 0.383 e. The van der Waals surface area contributed by atoms with Gasteiger partial charge < -0.3 is 15.8 Å². The SMILES string of the molecule is COCC(N)C(=O)Nc1ccc(-c2n[nH]c(C)n2)cc1.Cl. The Morgan fingerprint density at radius 2 is 2.10 bits per heavy atom. The molecule has 0 saturated heterocycles. The van der Waals surface area contributed by atoms with Crippen LogP contribution in [0.15, 0.2) is 24.3 Å². The number of aromatic amines is 1. The van der Waals surface area contributed by atoms with Gasteiger partial charge in [0.15, 0.2) is 5.82 Å². The first-order valence-corrected chi connectivity index (χ1v) is 6.15. The van der Waals surface area contributed by atoms with Crippen molar-refractivity contribution in [3.63, 3.8) is 0 Å². The van der Waals surface area contributed by atoms with Crippen LogP contribution in [0.3, 0.4) is 0 Å². The summed E-state index contributed by atoms with van der Waals surface area (Å²) in [7, 11) is 1.50. The molecule has 1 heterocycles. The van der Waals surface area contributed by atoms with Gasteiger partial charge in [0.2, 0.25) is 5.91 Å². The van der Waals surface area contributed by atoms with E-state index in [0.717, 1.165) is 11.4 Å². The number of carbonyl (C=O) groups is 1. The Morgan fingerprint density at radius 3 is 2.62 bits per heavy atom. The normalized spacial score (nSPS) is 11.6. The van der Waals surface area contributed by atoms with Crippen LogP contribution in [-0.2, 0) is 9.53 Å². The molecule has 0 aliphatic heterocycles. The molecule has 0 aliphatic carbocycles. The first-order chi connectivity index (χ1) is 9.60. The van der Waals surface area contributed by atoms with Crippen LogP contribution < -0.4 is 11.1 Å².